The quantitative estimate of drug-likeness (QED) is 0.760. The summed E-state index contributed by atoms with van der Waals surface area (Å²) in [5, 5.41) is 2.74. The molecule has 1 heteroatoms. The zero-order valence-electron chi connectivity index (χ0n) is 15.2. The Morgan fingerprint density at radius 1 is 0.880 bits per heavy atom. The molecule has 2 aromatic carbocycles. The molecule has 0 aromatic heterocycles. The number of para-hydroxylation sites is 1. The summed E-state index contributed by atoms with van der Waals surface area (Å²) >= 11 is 0. The van der Waals surface area contributed by atoms with Crippen LogP contribution in [0.2, 0.25) is 0 Å². The maximum absolute atomic E-state index is 2.68. The zero-order valence-corrected chi connectivity index (χ0v) is 15.2. The molecule has 0 N–H and O–H groups in total. The van der Waals surface area contributed by atoms with E-state index in [-0.39, 0.29) is 0 Å². The van der Waals surface area contributed by atoms with E-state index in [1.807, 2.05) is 0 Å². The number of benzene rings is 2. The van der Waals surface area contributed by atoms with Crippen molar-refractivity contribution in [3.05, 3.63) is 76.7 Å². The van der Waals surface area contributed by atoms with Gasteiger partial charge in [0.25, 0.3) is 0 Å². The first-order valence-corrected chi connectivity index (χ1v) is 9.50. The lowest BCUT2D eigenvalue weighted by molar-refractivity contribution is 0.478. The Labute approximate surface area is 151 Å². The van der Waals surface area contributed by atoms with Crippen LogP contribution < -0.4 is 15.3 Å². The number of allylic oxidation sites excluding steroid dienone is 1. The van der Waals surface area contributed by atoms with E-state index in [9.17, 15) is 0 Å². The van der Waals surface area contributed by atoms with Gasteiger partial charge in [0, 0.05) is 11.7 Å². The summed E-state index contributed by atoms with van der Waals surface area (Å²) in [6.07, 6.45) is 11.0. The van der Waals surface area contributed by atoms with Gasteiger partial charge >= 0.3 is 0 Å². The molecule has 0 saturated heterocycles. The lowest BCUT2D eigenvalue weighted by Crippen LogP contribution is -2.49. The van der Waals surface area contributed by atoms with Crippen molar-refractivity contribution in [2.24, 2.45) is 5.92 Å². The van der Waals surface area contributed by atoms with E-state index >= 15 is 0 Å². The number of nitrogens with zero attached hydrogens (tertiary/aromatic N) is 1. The molecule has 2 aliphatic rings. The van der Waals surface area contributed by atoms with Gasteiger partial charge in [0.2, 0.25) is 0 Å². The fourth-order valence-electron chi connectivity index (χ4n) is 4.30. The van der Waals surface area contributed by atoms with Crippen molar-refractivity contribution >= 4 is 17.8 Å². The molecule has 2 aliphatic carbocycles. The number of hydrogen-bond donors (Lipinski definition) is 0. The molecule has 1 nitrogen and oxygen atoms in total. The van der Waals surface area contributed by atoms with Crippen molar-refractivity contribution in [3.8, 4) is 0 Å². The first kappa shape index (κ1) is 16.2. The summed E-state index contributed by atoms with van der Waals surface area (Å²) in [7, 11) is 0. The summed E-state index contributed by atoms with van der Waals surface area (Å²) in [4.78, 5) is 2.68. The van der Waals surface area contributed by atoms with Crippen molar-refractivity contribution in [1.82, 2.24) is 0 Å². The molecule has 2 aromatic rings. The van der Waals surface area contributed by atoms with Crippen molar-refractivity contribution in [3.63, 3.8) is 0 Å². The standard InChI is InChI=1S/C24H27N/c1-18-12-14-23(15-13-18)25(22-10-4-3-5-11-22)24-17-21-9-7-6-8-20(21)16-19(24)2/h3-12,16-17,19,23-24H,13-15H2,1-2H3. The van der Waals surface area contributed by atoms with E-state index in [4.69, 9.17) is 0 Å². The molecule has 0 aliphatic heterocycles. The number of hydrogen-bond acceptors (Lipinski definition) is 1. The molecule has 0 saturated carbocycles. The molecular weight excluding hydrogens is 302 g/mol. The third-order valence-electron chi connectivity index (χ3n) is 5.71. The van der Waals surface area contributed by atoms with Crippen LogP contribution in [0.1, 0.15) is 33.1 Å². The molecule has 0 bridgehead atoms. The topological polar surface area (TPSA) is 3.24 Å². The van der Waals surface area contributed by atoms with E-state index in [1.54, 1.807) is 5.57 Å². The van der Waals surface area contributed by atoms with Crippen LogP contribution in [0, 0.1) is 5.92 Å². The van der Waals surface area contributed by atoms with Gasteiger partial charge in [-0.3, -0.25) is 0 Å². The molecule has 3 atom stereocenters. The Kier molecular flexibility index (Phi) is 4.48. The van der Waals surface area contributed by atoms with Crippen molar-refractivity contribution < 1.29 is 0 Å². The Morgan fingerprint density at radius 2 is 1.56 bits per heavy atom. The molecule has 0 radical (unpaired) electrons. The maximum Gasteiger partial charge on any atom is 0.0545 e. The zero-order chi connectivity index (χ0) is 17.2. The predicted molar refractivity (Wildman–Crippen MR) is 108 cm³/mol. The molecule has 0 spiro atoms. The highest BCUT2D eigenvalue weighted by Gasteiger charge is 2.30. The highest BCUT2D eigenvalue weighted by molar-refractivity contribution is 5.58. The smallest absolute Gasteiger partial charge is 0.0545 e. The van der Waals surface area contributed by atoms with Gasteiger partial charge in [-0.2, -0.15) is 0 Å². The second-order valence-corrected chi connectivity index (χ2v) is 7.53. The van der Waals surface area contributed by atoms with Crippen LogP contribution in [-0.2, 0) is 0 Å². The second-order valence-electron chi connectivity index (χ2n) is 7.53. The van der Waals surface area contributed by atoms with Crippen LogP contribution in [-0.4, -0.2) is 12.1 Å². The monoisotopic (exact) mass is 329 g/mol. The number of fused-ring (bicyclic) bond motifs is 1. The minimum atomic E-state index is 0.411. The molecule has 25 heavy (non-hydrogen) atoms. The highest BCUT2D eigenvalue weighted by Crippen LogP contribution is 2.32. The molecule has 128 valence electrons. The average Bonchev–Trinajstić information content (AvgIpc) is 2.65. The van der Waals surface area contributed by atoms with E-state index < -0.39 is 0 Å². The lowest BCUT2D eigenvalue weighted by atomic mass is 9.88. The highest BCUT2D eigenvalue weighted by atomic mass is 15.2. The third kappa shape index (κ3) is 3.28. The van der Waals surface area contributed by atoms with Gasteiger partial charge in [-0.25, -0.2) is 0 Å². The molecule has 4 rings (SSSR count). The minimum Gasteiger partial charge on any atom is -0.361 e. The van der Waals surface area contributed by atoms with Crippen molar-refractivity contribution in [2.75, 3.05) is 4.90 Å². The normalized spacial score (nSPS) is 25.2. The van der Waals surface area contributed by atoms with Gasteiger partial charge < -0.3 is 4.90 Å². The molecule has 0 heterocycles. The molecule has 3 unspecified atom stereocenters. The third-order valence-corrected chi connectivity index (χ3v) is 5.71. The Balaban J connectivity index is 1.77. The largest absolute Gasteiger partial charge is 0.361 e. The van der Waals surface area contributed by atoms with E-state index in [0.29, 0.717) is 18.0 Å². The Hall–Kier alpha value is -2.28. The fraction of sp³-hybridized carbons (Fsp3) is 0.333. The van der Waals surface area contributed by atoms with E-state index in [1.165, 1.54) is 29.0 Å². The summed E-state index contributed by atoms with van der Waals surface area (Å²) in [6.45, 7) is 4.62. The average molecular weight is 329 g/mol. The van der Waals surface area contributed by atoms with Gasteiger partial charge in [-0.15, -0.1) is 0 Å². The number of rotatable bonds is 3. The summed E-state index contributed by atoms with van der Waals surface area (Å²) in [6, 6.07) is 20.7. The van der Waals surface area contributed by atoms with Gasteiger partial charge in [-0.1, -0.05) is 73.2 Å². The van der Waals surface area contributed by atoms with Gasteiger partial charge in [-0.05, 0) is 54.7 Å². The Bertz CT molecular complexity index is 878. The van der Waals surface area contributed by atoms with E-state index in [2.05, 4.69) is 91.6 Å². The van der Waals surface area contributed by atoms with Crippen molar-refractivity contribution in [1.29, 1.82) is 0 Å². The second kappa shape index (κ2) is 6.92. The first-order chi connectivity index (χ1) is 12.2. The first-order valence-electron chi connectivity index (χ1n) is 9.50. The Morgan fingerprint density at radius 3 is 2.24 bits per heavy atom. The fourth-order valence-corrected chi connectivity index (χ4v) is 4.30. The van der Waals surface area contributed by atoms with Crippen LogP contribution in [0.15, 0.2) is 66.2 Å². The minimum absolute atomic E-state index is 0.411. The van der Waals surface area contributed by atoms with Gasteiger partial charge in [0.15, 0.2) is 0 Å². The lowest BCUT2D eigenvalue weighted by Gasteiger charge is -2.43. The maximum atomic E-state index is 2.68. The van der Waals surface area contributed by atoms with Crippen molar-refractivity contribution in [2.45, 2.75) is 45.2 Å². The summed E-state index contributed by atoms with van der Waals surface area (Å²) in [5.41, 5.74) is 2.89. The van der Waals surface area contributed by atoms with Crippen LogP contribution in [0.4, 0.5) is 5.69 Å². The van der Waals surface area contributed by atoms with Gasteiger partial charge in [0.05, 0.1) is 6.04 Å². The molecular formula is C24H27N. The SMILES string of the molecule is CC1=CCC(N(c2ccccc2)C2C=c3ccccc3=CC2C)CC1. The van der Waals surface area contributed by atoms with Crippen LogP contribution in [0.3, 0.4) is 0 Å². The number of anilines is 1. The predicted octanol–water partition coefficient (Wildman–Crippen LogP) is 4.27. The molecule has 0 fully saturated rings. The van der Waals surface area contributed by atoms with Crippen LogP contribution in [0.5, 0.6) is 0 Å². The van der Waals surface area contributed by atoms with E-state index in [0.717, 1.165) is 6.42 Å². The van der Waals surface area contributed by atoms with Crippen LogP contribution in [0.25, 0.3) is 12.2 Å². The molecule has 0 amide bonds. The summed E-state index contributed by atoms with van der Waals surface area (Å²) < 4.78 is 0. The van der Waals surface area contributed by atoms with Gasteiger partial charge in [0.1, 0.15) is 0 Å². The van der Waals surface area contributed by atoms with Crippen LogP contribution >= 0.6 is 0 Å². The summed E-state index contributed by atoms with van der Waals surface area (Å²) in [5.74, 6) is 0.502.